The molecule has 1 aliphatic heterocycles. The molecule has 2 unspecified atom stereocenters. The lowest BCUT2D eigenvalue weighted by atomic mass is 10.1. The molecule has 0 saturated carbocycles. The topological polar surface area (TPSA) is 29.5 Å². The van der Waals surface area contributed by atoms with Gasteiger partial charge in [-0.2, -0.15) is 0 Å². The van der Waals surface area contributed by atoms with Crippen LogP contribution in [0.2, 0.25) is 0 Å². The number of hydrogen-bond donors (Lipinski definition) is 0. The number of alkyl halides is 1. The predicted octanol–water partition coefficient (Wildman–Crippen LogP) is 2.94. The summed E-state index contributed by atoms with van der Waals surface area (Å²) < 4.78 is 5.65. The Hall–Kier alpha value is -0.540. The minimum absolute atomic E-state index is 0.00951. The van der Waals surface area contributed by atoms with E-state index >= 15 is 0 Å². The smallest absolute Gasteiger partial charge is 0.241 e. The Labute approximate surface area is 114 Å². The Kier molecular flexibility index (Phi) is 4.68. The fraction of sp³-hybridized carbons (Fsp3) is 0.786. The molecule has 102 valence electrons. The number of carbonyl (C=O) groups excluding carboxylic acids is 1. The molecule has 1 aliphatic carbocycles. The first-order valence-electron chi connectivity index (χ1n) is 6.81. The highest BCUT2D eigenvalue weighted by atomic mass is 35.5. The third-order valence-electron chi connectivity index (χ3n) is 3.97. The molecule has 0 spiro atoms. The molecule has 2 atom stereocenters. The zero-order chi connectivity index (χ0) is 13.1. The Morgan fingerprint density at radius 1 is 1.50 bits per heavy atom. The van der Waals surface area contributed by atoms with Crippen molar-refractivity contribution >= 4 is 17.5 Å². The number of carbonyl (C=O) groups is 1. The highest BCUT2D eigenvalue weighted by Gasteiger charge is 2.30. The van der Waals surface area contributed by atoms with E-state index in [-0.39, 0.29) is 17.9 Å². The normalized spacial score (nSPS) is 27.9. The number of halogens is 1. The summed E-state index contributed by atoms with van der Waals surface area (Å²) in [6.45, 7) is 5.81. The fourth-order valence-corrected chi connectivity index (χ4v) is 3.16. The van der Waals surface area contributed by atoms with Crippen LogP contribution in [0.1, 0.15) is 39.5 Å². The van der Waals surface area contributed by atoms with Crippen molar-refractivity contribution in [2.75, 3.05) is 19.0 Å². The van der Waals surface area contributed by atoms with Gasteiger partial charge >= 0.3 is 0 Å². The Bertz CT molecular complexity index is 348. The van der Waals surface area contributed by atoms with Gasteiger partial charge < -0.3 is 9.64 Å². The number of ether oxygens (including phenoxy) is 1. The summed E-state index contributed by atoms with van der Waals surface area (Å²) in [6, 6.07) is 0. The maximum atomic E-state index is 12.1. The van der Waals surface area contributed by atoms with Gasteiger partial charge in [-0.25, -0.2) is 0 Å². The van der Waals surface area contributed by atoms with E-state index in [1.807, 2.05) is 4.90 Å². The van der Waals surface area contributed by atoms with Crippen molar-refractivity contribution in [3.8, 4) is 0 Å². The lowest BCUT2D eigenvalue weighted by Crippen LogP contribution is -2.39. The number of allylic oxidation sites excluding steroid dienone is 2. The molecule has 2 rings (SSSR count). The van der Waals surface area contributed by atoms with E-state index in [9.17, 15) is 4.79 Å². The van der Waals surface area contributed by atoms with Crippen molar-refractivity contribution in [3.63, 3.8) is 0 Å². The first kappa shape index (κ1) is 13.9. The van der Waals surface area contributed by atoms with E-state index in [2.05, 4.69) is 13.8 Å². The molecule has 0 aromatic carbocycles. The largest absolute Gasteiger partial charge is 0.376 e. The van der Waals surface area contributed by atoms with Gasteiger partial charge in [0.05, 0.1) is 12.6 Å². The number of rotatable bonds is 4. The second-order valence-electron chi connectivity index (χ2n) is 5.38. The van der Waals surface area contributed by atoms with Gasteiger partial charge in [0.2, 0.25) is 5.91 Å². The molecule has 0 bridgehead atoms. The minimum atomic E-state index is 0.00951. The molecule has 4 heteroatoms. The molecular formula is C14H22ClNO2. The van der Waals surface area contributed by atoms with Crippen LogP contribution in [-0.4, -0.2) is 35.9 Å². The van der Waals surface area contributed by atoms with Gasteiger partial charge in [0, 0.05) is 12.3 Å². The van der Waals surface area contributed by atoms with Crippen LogP contribution in [0.3, 0.4) is 0 Å². The van der Waals surface area contributed by atoms with Crippen LogP contribution in [0, 0.1) is 5.92 Å². The van der Waals surface area contributed by atoms with E-state index in [0.29, 0.717) is 12.5 Å². The number of hydrogen-bond acceptors (Lipinski definition) is 2. The van der Waals surface area contributed by atoms with Crippen LogP contribution in [0.15, 0.2) is 11.3 Å². The maximum absolute atomic E-state index is 12.1. The standard InChI is InChI=1S/C14H22ClNO2/c1-10-5-6-11(2)14(10)16(13(17)8-15)9-12-4-3-7-18-12/h10,12H,3-9H2,1-2H3. The van der Waals surface area contributed by atoms with E-state index in [0.717, 1.165) is 32.3 Å². The van der Waals surface area contributed by atoms with Crippen LogP contribution in [-0.2, 0) is 9.53 Å². The molecule has 0 radical (unpaired) electrons. The lowest BCUT2D eigenvalue weighted by molar-refractivity contribution is -0.128. The van der Waals surface area contributed by atoms with Crippen LogP contribution in [0.5, 0.6) is 0 Å². The molecule has 0 N–H and O–H groups in total. The van der Waals surface area contributed by atoms with Gasteiger partial charge in [0.25, 0.3) is 0 Å². The Morgan fingerprint density at radius 3 is 2.78 bits per heavy atom. The van der Waals surface area contributed by atoms with Gasteiger partial charge in [-0.3, -0.25) is 4.79 Å². The summed E-state index contributed by atoms with van der Waals surface area (Å²) in [4.78, 5) is 14.0. The zero-order valence-electron chi connectivity index (χ0n) is 11.2. The van der Waals surface area contributed by atoms with Crippen LogP contribution < -0.4 is 0 Å². The van der Waals surface area contributed by atoms with Crippen molar-refractivity contribution in [2.24, 2.45) is 5.92 Å². The summed E-state index contributed by atoms with van der Waals surface area (Å²) in [6.07, 6.45) is 4.56. The van der Waals surface area contributed by atoms with Crippen molar-refractivity contribution in [1.82, 2.24) is 4.90 Å². The monoisotopic (exact) mass is 271 g/mol. The molecule has 0 aromatic heterocycles. The summed E-state index contributed by atoms with van der Waals surface area (Å²) in [7, 11) is 0. The third-order valence-corrected chi connectivity index (χ3v) is 4.20. The molecular weight excluding hydrogens is 250 g/mol. The average Bonchev–Trinajstić information content (AvgIpc) is 2.97. The quantitative estimate of drug-likeness (QED) is 0.736. The van der Waals surface area contributed by atoms with Gasteiger partial charge in [-0.15, -0.1) is 11.6 Å². The first-order valence-corrected chi connectivity index (χ1v) is 7.34. The Morgan fingerprint density at radius 2 is 2.28 bits per heavy atom. The first-order chi connectivity index (χ1) is 8.63. The summed E-state index contributed by atoms with van der Waals surface area (Å²) in [5.74, 6) is 0.518. The minimum Gasteiger partial charge on any atom is -0.376 e. The fourth-order valence-electron chi connectivity index (χ4n) is 3.01. The van der Waals surface area contributed by atoms with E-state index in [1.54, 1.807) is 0 Å². The van der Waals surface area contributed by atoms with Crippen molar-refractivity contribution < 1.29 is 9.53 Å². The second kappa shape index (κ2) is 6.07. The highest BCUT2D eigenvalue weighted by molar-refractivity contribution is 6.27. The van der Waals surface area contributed by atoms with Crippen LogP contribution >= 0.6 is 11.6 Å². The Balaban J connectivity index is 2.14. The van der Waals surface area contributed by atoms with Crippen molar-refractivity contribution in [1.29, 1.82) is 0 Å². The number of nitrogens with zero attached hydrogens (tertiary/aromatic N) is 1. The lowest BCUT2D eigenvalue weighted by Gasteiger charge is -2.29. The molecule has 1 fully saturated rings. The van der Waals surface area contributed by atoms with Gasteiger partial charge in [-0.1, -0.05) is 12.5 Å². The molecule has 1 amide bonds. The SMILES string of the molecule is CC1=C(N(CC2CCCO2)C(=O)CCl)C(C)CC1. The molecule has 2 aliphatic rings. The average molecular weight is 272 g/mol. The highest BCUT2D eigenvalue weighted by Crippen LogP contribution is 2.34. The van der Waals surface area contributed by atoms with Crippen molar-refractivity contribution in [3.05, 3.63) is 11.3 Å². The van der Waals surface area contributed by atoms with E-state index in [4.69, 9.17) is 16.3 Å². The number of amides is 1. The van der Waals surface area contributed by atoms with Crippen molar-refractivity contribution in [2.45, 2.75) is 45.6 Å². The molecule has 1 saturated heterocycles. The molecule has 1 heterocycles. The summed E-state index contributed by atoms with van der Waals surface area (Å²) in [5, 5.41) is 0. The van der Waals surface area contributed by atoms with E-state index in [1.165, 1.54) is 11.3 Å². The summed E-state index contributed by atoms with van der Waals surface area (Å²) >= 11 is 5.75. The zero-order valence-corrected chi connectivity index (χ0v) is 12.0. The van der Waals surface area contributed by atoms with Gasteiger partial charge in [0.1, 0.15) is 5.88 Å². The van der Waals surface area contributed by atoms with Gasteiger partial charge in [-0.05, 0) is 38.5 Å². The summed E-state index contributed by atoms with van der Waals surface area (Å²) in [5.41, 5.74) is 2.52. The molecule has 18 heavy (non-hydrogen) atoms. The van der Waals surface area contributed by atoms with E-state index < -0.39 is 0 Å². The third kappa shape index (κ3) is 2.89. The second-order valence-corrected chi connectivity index (χ2v) is 5.65. The van der Waals surface area contributed by atoms with Crippen LogP contribution in [0.4, 0.5) is 0 Å². The molecule has 0 aromatic rings. The maximum Gasteiger partial charge on any atom is 0.241 e. The predicted molar refractivity (Wildman–Crippen MR) is 72.5 cm³/mol. The van der Waals surface area contributed by atoms with Gasteiger partial charge in [0.15, 0.2) is 0 Å². The van der Waals surface area contributed by atoms with Crippen LogP contribution in [0.25, 0.3) is 0 Å². The molecule has 3 nitrogen and oxygen atoms in total.